The SMILES string of the molecule is NC(=O)c1cc(I)c(C(F)(F)F)cc1[N+](=O)[O-]. The minimum Gasteiger partial charge on any atom is -0.365 e. The van der Waals surface area contributed by atoms with Gasteiger partial charge in [0.2, 0.25) is 0 Å². The Balaban J connectivity index is 3.57. The van der Waals surface area contributed by atoms with Crippen molar-refractivity contribution in [1.82, 2.24) is 0 Å². The normalized spacial score (nSPS) is 11.3. The summed E-state index contributed by atoms with van der Waals surface area (Å²) in [5, 5.41) is 10.5. The molecule has 0 radical (unpaired) electrons. The molecule has 0 unspecified atom stereocenters. The minimum absolute atomic E-state index is 0.307. The number of carbonyl (C=O) groups is 1. The topological polar surface area (TPSA) is 86.2 Å². The number of rotatable bonds is 2. The number of halogens is 4. The number of carbonyl (C=O) groups excluding carboxylic acids is 1. The van der Waals surface area contributed by atoms with Gasteiger partial charge in [0.25, 0.3) is 11.6 Å². The molecule has 0 aliphatic rings. The van der Waals surface area contributed by atoms with Gasteiger partial charge in [0, 0.05) is 9.64 Å². The maximum atomic E-state index is 12.5. The summed E-state index contributed by atoms with van der Waals surface area (Å²) in [7, 11) is 0. The van der Waals surface area contributed by atoms with Gasteiger partial charge in [0.05, 0.1) is 10.5 Å². The molecule has 0 heterocycles. The molecule has 1 aromatic rings. The number of amides is 1. The van der Waals surface area contributed by atoms with Crippen molar-refractivity contribution in [2.75, 3.05) is 0 Å². The third-order valence-corrected chi connectivity index (χ3v) is 2.75. The van der Waals surface area contributed by atoms with E-state index in [1.165, 1.54) is 22.6 Å². The lowest BCUT2D eigenvalue weighted by molar-refractivity contribution is -0.385. The monoisotopic (exact) mass is 360 g/mol. The number of primary amides is 1. The highest BCUT2D eigenvalue weighted by Gasteiger charge is 2.36. The van der Waals surface area contributed by atoms with Gasteiger partial charge in [-0.05, 0) is 28.7 Å². The molecule has 0 aliphatic carbocycles. The molecule has 9 heteroatoms. The summed E-state index contributed by atoms with van der Waals surface area (Å²) in [5.74, 6) is -1.15. The molecule has 1 rings (SSSR count). The molecule has 0 bridgehead atoms. The summed E-state index contributed by atoms with van der Waals surface area (Å²) < 4.78 is 37.1. The van der Waals surface area contributed by atoms with Gasteiger partial charge < -0.3 is 5.73 Å². The van der Waals surface area contributed by atoms with Crippen LogP contribution in [0.1, 0.15) is 15.9 Å². The van der Waals surface area contributed by atoms with E-state index in [9.17, 15) is 28.1 Å². The number of benzene rings is 1. The summed E-state index contributed by atoms with van der Waals surface area (Å²) in [6, 6.07) is 1.06. The van der Waals surface area contributed by atoms with E-state index in [0.717, 1.165) is 6.07 Å². The van der Waals surface area contributed by atoms with Crippen LogP contribution in [0.2, 0.25) is 0 Å². The third kappa shape index (κ3) is 2.84. The van der Waals surface area contributed by atoms with Crippen LogP contribution < -0.4 is 5.73 Å². The molecule has 0 atom stereocenters. The van der Waals surface area contributed by atoms with Gasteiger partial charge in [0.15, 0.2) is 0 Å². The Morgan fingerprint density at radius 3 is 2.29 bits per heavy atom. The van der Waals surface area contributed by atoms with Gasteiger partial charge >= 0.3 is 6.18 Å². The van der Waals surface area contributed by atoms with Crippen molar-refractivity contribution in [3.8, 4) is 0 Å². The van der Waals surface area contributed by atoms with E-state index < -0.39 is 33.8 Å². The second-order valence-corrected chi connectivity index (χ2v) is 4.13. The van der Waals surface area contributed by atoms with E-state index in [4.69, 9.17) is 5.73 Å². The van der Waals surface area contributed by atoms with E-state index >= 15 is 0 Å². The highest BCUT2D eigenvalue weighted by molar-refractivity contribution is 14.1. The maximum absolute atomic E-state index is 12.5. The van der Waals surface area contributed by atoms with E-state index in [2.05, 4.69) is 0 Å². The number of hydrogen-bond donors (Lipinski definition) is 1. The van der Waals surface area contributed by atoms with Crippen LogP contribution in [0.5, 0.6) is 0 Å². The molecule has 5 nitrogen and oxygen atoms in total. The number of nitro groups is 1. The third-order valence-electron chi connectivity index (χ3n) is 1.85. The smallest absolute Gasteiger partial charge is 0.365 e. The van der Waals surface area contributed by atoms with E-state index in [-0.39, 0.29) is 3.57 Å². The predicted octanol–water partition coefficient (Wildman–Crippen LogP) is 2.32. The van der Waals surface area contributed by atoms with E-state index in [1.807, 2.05) is 0 Å². The summed E-state index contributed by atoms with van der Waals surface area (Å²) in [5.41, 5.74) is 2.18. The summed E-state index contributed by atoms with van der Waals surface area (Å²) in [6.07, 6.45) is -4.72. The first-order chi connectivity index (χ1) is 7.64. The van der Waals surface area contributed by atoms with Crippen LogP contribution in [0.3, 0.4) is 0 Å². The van der Waals surface area contributed by atoms with Crippen molar-refractivity contribution in [3.63, 3.8) is 0 Å². The second-order valence-electron chi connectivity index (χ2n) is 2.97. The Labute approximate surface area is 106 Å². The minimum atomic E-state index is -4.72. The number of nitro benzene ring substituents is 1. The quantitative estimate of drug-likeness (QED) is 0.499. The lowest BCUT2D eigenvalue weighted by atomic mass is 10.1. The zero-order valence-corrected chi connectivity index (χ0v) is 10.1. The van der Waals surface area contributed by atoms with Gasteiger partial charge in [-0.2, -0.15) is 13.2 Å². The van der Waals surface area contributed by atoms with Crippen molar-refractivity contribution < 1.29 is 22.9 Å². The fourth-order valence-corrected chi connectivity index (χ4v) is 1.90. The Kier molecular flexibility index (Phi) is 3.59. The van der Waals surface area contributed by atoms with Crippen molar-refractivity contribution in [1.29, 1.82) is 0 Å². The van der Waals surface area contributed by atoms with Crippen molar-refractivity contribution in [2.45, 2.75) is 6.18 Å². The molecule has 0 saturated carbocycles. The predicted molar refractivity (Wildman–Crippen MR) is 59.3 cm³/mol. The fourth-order valence-electron chi connectivity index (χ4n) is 1.13. The summed E-state index contributed by atoms with van der Waals surface area (Å²) in [6.45, 7) is 0. The van der Waals surface area contributed by atoms with Crippen LogP contribution in [0, 0.1) is 13.7 Å². The zero-order chi connectivity index (χ0) is 13.4. The number of hydrogen-bond acceptors (Lipinski definition) is 3. The fraction of sp³-hybridized carbons (Fsp3) is 0.125. The molecular weight excluding hydrogens is 356 g/mol. The van der Waals surface area contributed by atoms with Gasteiger partial charge in [-0.25, -0.2) is 0 Å². The van der Waals surface area contributed by atoms with Crippen molar-refractivity contribution in [2.24, 2.45) is 5.73 Å². The molecule has 0 aromatic heterocycles. The molecule has 1 aromatic carbocycles. The first kappa shape index (κ1) is 13.7. The lowest BCUT2D eigenvalue weighted by Crippen LogP contribution is -2.16. The molecule has 17 heavy (non-hydrogen) atoms. The van der Waals surface area contributed by atoms with E-state index in [0.29, 0.717) is 6.07 Å². The summed E-state index contributed by atoms with van der Waals surface area (Å²) in [4.78, 5) is 20.3. The van der Waals surface area contributed by atoms with E-state index in [1.54, 1.807) is 0 Å². The van der Waals surface area contributed by atoms with Gasteiger partial charge in [-0.1, -0.05) is 0 Å². The molecular formula is C8H4F3IN2O3. The molecule has 92 valence electrons. The lowest BCUT2D eigenvalue weighted by Gasteiger charge is -2.10. The van der Waals surface area contributed by atoms with Gasteiger partial charge in [-0.3, -0.25) is 14.9 Å². The maximum Gasteiger partial charge on any atom is 0.417 e. The Bertz CT molecular complexity index is 502. The average molecular weight is 360 g/mol. The zero-order valence-electron chi connectivity index (χ0n) is 7.92. The van der Waals surface area contributed by atoms with Crippen LogP contribution in [0.15, 0.2) is 12.1 Å². The highest BCUT2D eigenvalue weighted by Crippen LogP contribution is 2.36. The van der Waals surface area contributed by atoms with Crippen LogP contribution >= 0.6 is 22.6 Å². The molecule has 0 fully saturated rings. The summed E-state index contributed by atoms with van der Waals surface area (Å²) >= 11 is 1.33. The van der Waals surface area contributed by atoms with Crippen LogP contribution in [-0.4, -0.2) is 10.8 Å². The number of nitrogens with two attached hydrogens (primary N) is 1. The molecule has 0 saturated heterocycles. The number of nitrogens with zero attached hydrogens (tertiary/aromatic N) is 1. The largest absolute Gasteiger partial charge is 0.417 e. The standard InChI is InChI=1S/C8H4F3IN2O3/c9-8(10,11)4-2-6(14(16)17)3(7(13)15)1-5(4)12/h1-2H,(H2,13,15). The molecule has 0 aliphatic heterocycles. The Morgan fingerprint density at radius 2 is 1.94 bits per heavy atom. The van der Waals surface area contributed by atoms with Crippen molar-refractivity contribution in [3.05, 3.63) is 36.9 Å². The highest BCUT2D eigenvalue weighted by atomic mass is 127. The van der Waals surface area contributed by atoms with Crippen LogP contribution in [0.4, 0.5) is 18.9 Å². The van der Waals surface area contributed by atoms with Crippen LogP contribution in [-0.2, 0) is 6.18 Å². The van der Waals surface area contributed by atoms with Crippen LogP contribution in [0.25, 0.3) is 0 Å². The van der Waals surface area contributed by atoms with Gasteiger partial charge in [0.1, 0.15) is 5.56 Å². The molecule has 0 spiro atoms. The Hall–Kier alpha value is -1.39. The van der Waals surface area contributed by atoms with Gasteiger partial charge in [-0.15, -0.1) is 0 Å². The van der Waals surface area contributed by atoms with Crippen molar-refractivity contribution >= 4 is 34.2 Å². The first-order valence-corrected chi connectivity index (χ1v) is 5.07. The molecule has 2 N–H and O–H groups in total. The average Bonchev–Trinajstić information content (AvgIpc) is 2.14. The molecule has 1 amide bonds. The first-order valence-electron chi connectivity index (χ1n) is 3.99. The number of alkyl halides is 3. The Morgan fingerprint density at radius 1 is 1.41 bits per heavy atom. The second kappa shape index (κ2) is 4.47.